The van der Waals surface area contributed by atoms with Crippen LogP contribution in [0.3, 0.4) is 0 Å². The molecular formula is C30H24O4S. The zero-order valence-corrected chi connectivity index (χ0v) is 20.0. The Labute approximate surface area is 205 Å². The van der Waals surface area contributed by atoms with Crippen LogP contribution in [0.25, 0.3) is 10.8 Å². The summed E-state index contributed by atoms with van der Waals surface area (Å²) in [6.07, 6.45) is 0. The topological polar surface area (TPSA) is 52.6 Å². The monoisotopic (exact) mass is 480 g/mol. The lowest BCUT2D eigenvalue weighted by Crippen LogP contribution is -2.01. The molecule has 0 bridgehead atoms. The van der Waals surface area contributed by atoms with Crippen LogP contribution in [0.15, 0.2) is 125 Å². The van der Waals surface area contributed by atoms with E-state index < -0.39 is 9.84 Å². The largest absolute Gasteiger partial charge is 0.489 e. The number of aryl methyl sites for hydroxylation is 1. The number of benzene rings is 5. The number of hydrogen-bond donors (Lipinski definition) is 0. The molecule has 0 unspecified atom stereocenters. The van der Waals surface area contributed by atoms with Crippen LogP contribution in [0.2, 0.25) is 0 Å². The summed E-state index contributed by atoms with van der Waals surface area (Å²) in [6, 6.07) is 35.2. The molecule has 0 amide bonds. The zero-order chi connectivity index (χ0) is 24.3. The second-order valence-corrected chi connectivity index (χ2v) is 10.3. The normalized spacial score (nSPS) is 11.3. The SMILES string of the molecule is Cc1ccc(S(=O)(=O)c2ccc(Oc3ccc4cc(OCc5ccccc5)ccc4c3)cc2)cc1. The van der Waals surface area contributed by atoms with E-state index in [9.17, 15) is 8.42 Å². The number of hydrogen-bond acceptors (Lipinski definition) is 4. The van der Waals surface area contributed by atoms with Crippen molar-refractivity contribution in [1.29, 1.82) is 0 Å². The van der Waals surface area contributed by atoms with Crippen molar-refractivity contribution in [2.75, 3.05) is 0 Å². The summed E-state index contributed by atoms with van der Waals surface area (Å²) in [4.78, 5) is 0.508. The number of sulfone groups is 1. The Morgan fingerprint density at radius 3 is 1.80 bits per heavy atom. The van der Waals surface area contributed by atoms with Crippen LogP contribution in [0, 0.1) is 6.92 Å². The third kappa shape index (κ3) is 5.20. The lowest BCUT2D eigenvalue weighted by atomic mass is 10.1. The fourth-order valence-corrected chi connectivity index (χ4v) is 5.03. The van der Waals surface area contributed by atoms with Gasteiger partial charge in [0.05, 0.1) is 9.79 Å². The van der Waals surface area contributed by atoms with Crippen molar-refractivity contribution in [3.8, 4) is 17.2 Å². The first-order valence-corrected chi connectivity index (χ1v) is 12.8. The molecular weight excluding hydrogens is 456 g/mol. The van der Waals surface area contributed by atoms with Crippen molar-refractivity contribution in [2.45, 2.75) is 23.3 Å². The maximum atomic E-state index is 12.9. The van der Waals surface area contributed by atoms with E-state index in [1.54, 1.807) is 48.5 Å². The summed E-state index contributed by atoms with van der Waals surface area (Å²) in [7, 11) is -3.57. The molecule has 0 aliphatic carbocycles. The van der Waals surface area contributed by atoms with Crippen molar-refractivity contribution in [1.82, 2.24) is 0 Å². The first-order valence-electron chi connectivity index (χ1n) is 11.3. The van der Waals surface area contributed by atoms with Gasteiger partial charge >= 0.3 is 0 Å². The van der Waals surface area contributed by atoms with Gasteiger partial charge in [-0.25, -0.2) is 8.42 Å². The number of rotatable bonds is 7. The van der Waals surface area contributed by atoms with E-state index >= 15 is 0 Å². The van der Waals surface area contributed by atoms with E-state index in [2.05, 4.69) is 0 Å². The van der Waals surface area contributed by atoms with Gasteiger partial charge in [-0.3, -0.25) is 0 Å². The van der Waals surface area contributed by atoms with Gasteiger partial charge in [-0.15, -0.1) is 0 Å². The van der Waals surface area contributed by atoms with Crippen LogP contribution in [-0.2, 0) is 16.4 Å². The summed E-state index contributed by atoms with van der Waals surface area (Å²) in [5.41, 5.74) is 2.13. The van der Waals surface area contributed by atoms with Gasteiger partial charge in [0.25, 0.3) is 0 Å². The van der Waals surface area contributed by atoms with E-state index in [0.717, 1.165) is 27.6 Å². The molecule has 0 atom stereocenters. The molecule has 174 valence electrons. The Morgan fingerprint density at radius 2 is 1.14 bits per heavy atom. The highest BCUT2D eigenvalue weighted by Crippen LogP contribution is 2.30. The Morgan fingerprint density at radius 1 is 0.600 bits per heavy atom. The van der Waals surface area contributed by atoms with Gasteiger partial charge in [0.1, 0.15) is 23.9 Å². The second kappa shape index (κ2) is 9.65. The zero-order valence-electron chi connectivity index (χ0n) is 19.2. The van der Waals surface area contributed by atoms with Crippen molar-refractivity contribution >= 4 is 20.6 Å². The highest BCUT2D eigenvalue weighted by atomic mass is 32.2. The molecule has 0 aliphatic rings. The maximum absolute atomic E-state index is 12.9. The quantitative estimate of drug-likeness (QED) is 0.244. The smallest absolute Gasteiger partial charge is 0.206 e. The average Bonchev–Trinajstić information content (AvgIpc) is 2.88. The molecule has 0 aliphatic heterocycles. The molecule has 5 heteroatoms. The molecule has 0 N–H and O–H groups in total. The van der Waals surface area contributed by atoms with Gasteiger partial charge < -0.3 is 9.47 Å². The molecule has 5 rings (SSSR count). The first-order chi connectivity index (χ1) is 17.0. The minimum Gasteiger partial charge on any atom is -0.489 e. The Balaban J connectivity index is 1.29. The molecule has 5 aromatic rings. The average molecular weight is 481 g/mol. The van der Waals surface area contributed by atoms with E-state index in [4.69, 9.17) is 9.47 Å². The van der Waals surface area contributed by atoms with Crippen LogP contribution in [-0.4, -0.2) is 8.42 Å². The number of ether oxygens (including phenoxy) is 2. The molecule has 0 spiro atoms. The Hall–Kier alpha value is -4.09. The predicted molar refractivity (Wildman–Crippen MR) is 138 cm³/mol. The van der Waals surface area contributed by atoms with Crippen molar-refractivity contribution in [3.05, 3.63) is 126 Å². The fraction of sp³-hybridized carbons (Fsp3) is 0.0667. The Bertz CT molecular complexity index is 1560. The lowest BCUT2D eigenvalue weighted by Gasteiger charge is -2.10. The molecule has 35 heavy (non-hydrogen) atoms. The fourth-order valence-electron chi connectivity index (χ4n) is 3.77. The highest BCUT2D eigenvalue weighted by molar-refractivity contribution is 7.91. The van der Waals surface area contributed by atoms with Gasteiger partial charge in [0.2, 0.25) is 9.84 Å². The summed E-state index contributed by atoms with van der Waals surface area (Å²) in [5.74, 6) is 2.04. The van der Waals surface area contributed by atoms with Gasteiger partial charge in [0, 0.05) is 0 Å². The predicted octanol–water partition coefficient (Wildman–Crippen LogP) is 7.35. The molecule has 0 fully saturated rings. The van der Waals surface area contributed by atoms with E-state index in [-0.39, 0.29) is 9.79 Å². The van der Waals surface area contributed by atoms with Crippen LogP contribution >= 0.6 is 0 Å². The van der Waals surface area contributed by atoms with Crippen LogP contribution in [0.4, 0.5) is 0 Å². The van der Waals surface area contributed by atoms with Crippen LogP contribution in [0.5, 0.6) is 17.2 Å². The van der Waals surface area contributed by atoms with E-state index in [1.807, 2.05) is 73.7 Å². The van der Waals surface area contributed by atoms with Crippen molar-refractivity contribution < 1.29 is 17.9 Å². The minimum absolute atomic E-state index is 0.232. The molecule has 5 aromatic carbocycles. The Kier molecular flexibility index (Phi) is 6.25. The van der Waals surface area contributed by atoms with Crippen LogP contribution in [0.1, 0.15) is 11.1 Å². The van der Waals surface area contributed by atoms with Crippen LogP contribution < -0.4 is 9.47 Å². The standard InChI is InChI=1S/C30H24O4S/c1-22-7-15-29(16-8-22)35(31,32)30-17-13-26(14-18-30)34-28-12-10-24-19-27(11-9-25(24)20-28)33-21-23-5-3-2-4-6-23/h2-20H,21H2,1H3. The molecule has 0 saturated heterocycles. The second-order valence-electron chi connectivity index (χ2n) is 8.33. The van der Waals surface area contributed by atoms with E-state index in [1.165, 1.54) is 0 Å². The van der Waals surface area contributed by atoms with Crippen molar-refractivity contribution in [2.24, 2.45) is 0 Å². The highest BCUT2D eigenvalue weighted by Gasteiger charge is 2.17. The summed E-state index contributed by atoms with van der Waals surface area (Å²) in [5, 5.41) is 2.07. The van der Waals surface area contributed by atoms with Gasteiger partial charge in [-0.05, 0) is 83.9 Å². The van der Waals surface area contributed by atoms with Crippen molar-refractivity contribution in [3.63, 3.8) is 0 Å². The summed E-state index contributed by atoms with van der Waals surface area (Å²) in [6.45, 7) is 2.44. The summed E-state index contributed by atoms with van der Waals surface area (Å²) < 4.78 is 37.6. The number of fused-ring (bicyclic) bond motifs is 1. The molecule has 0 aromatic heterocycles. The molecule has 0 saturated carbocycles. The lowest BCUT2D eigenvalue weighted by molar-refractivity contribution is 0.306. The maximum Gasteiger partial charge on any atom is 0.206 e. The van der Waals surface area contributed by atoms with Gasteiger partial charge in [0.15, 0.2) is 0 Å². The minimum atomic E-state index is -3.57. The molecule has 0 heterocycles. The molecule has 4 nitrogen and oxygen atoms in total. The van der Waals surface area contributed by atoms with Gasteiger partial charge in [-0.1, -0.05) is 60.2 Å². The first kappa shape index (κ1) is 22.7. The third-order valence-corrected chi connectivity index (χ3v) is 7.52. The molecule has 0 radical (unpaired) electrons. The van der Waals surface area contributed by atoms with E-state index in [0.29, 0.717) is 18.1 Å². The third-order valence-electron chi connectivity index (χ3n) is 5.73. The van der Waals surface area contributed by atoms with Gasteiger partial charge in [-0.2, -0.15) is 0 Å². The summed E-state index contributed by atoms with van der Waals surface area (Å²) >= 11 is 0.